The summed E-state index contributed by atoms with van der Waals surface area (Å²) in [7, 11) is 0. The van der Waals surface area contributed by atoms with Crippen LogP contribution in [0.4, 0.5) is 0 Å². The molecule has 2 N–H and O–H groups in total. The van der Waals surface area contributed by atoms with Gasteiger partial charge in [-0.15, -0.1) is 0 Å². The van der Waals surface area contributed by atoms with Gasteiger partial charge in [-0.25, -0.2) is 0 Å². The van der Waals surface area contributed by atoms with Crippen molar-refractivity contribution in [3.8, 4) is 0 Å². The van der Waals surface area contributed by atoms with Crippen molar-refractivity contribution >= 4 is 29.1 Å². The van der Waals surface area contributed by atoms with E-state index in [0.29, 0.717) is 16.1 Å². The highest BCUT2D eigenvalue weighted by atomic mass is 35.5. The molecule has 1 saturated heterocycles. The molecule has 1 amide bonds. The standard InChI is InChI=1S/C15H18Cl2N2O/c16-10-4-9(5-11(17)6-10)13-7-14(13)15(20)19-8-12-2-1-3-18-12/h4-6,12-14,18H,1-3,7-8H2,(H,19,20). The number of halogens is 2. The summed E-state index contributed by atoms with van der Waals surface area (Å²) < 4.78 is 0. The van der Waals surface area contributed by atoms with Crippen LogP contribution in [0.5, 0.6) is 0 Å². The van der Waals surface area contributed by atoms with E-state index in [1.165, 1.54) is 6.42 Å². The fourth-order valence-electron chi connectivity index (χ4n) is 2.93. The third-order valence-corrected chi connectivity index (χ3v) is 4.56. The Morgan fingerprint density at radius 2 is 2.05 bits per heavy atom. The first-order valence-electron chi connectivity index (χ1n) is 7.10. The minimum absolute atomic E-state index is 0.0749. The first kappa shape index (κ1) is 14.2. The van der Waals surface area contributed by atoms with Gasteiger partial charge in [0.15, 0.2) is 0 Å². The monoisotopic (exact) mass is 312 g/mol. The molecule has 1 aliphatic heterocycles. The van der Waals surface area contributed by atoms with Crippen LogP contribution in [-0.4, -0.2) is 25.0 Å². The average Bonchev–Trinajstić information content (AvgIpc) is 3.03. The Labute approximate surface area is 129 Å². The molecule has 0 spiro atoms. The van der Waals surface area contributed by atoms with Gasteiger partial charge in [0.1, 0.15) is 0 Å². The predicted molar refractivity (Wildman–Crippen MR) is 81.3 cm³/mol. The second-order valence-electron chi connectivity index (χ2n) is 5.69. The van der Waals surface area contributed by atoms with Gasteiger partial charge in [0.25, 0.3) is 0 Å². The van der Waals surface area contributed by atoms with E-state index in [4.69, 9.17) is 23.2 Å². The Kier molecular flexibility index (Phi) is 4.20. The molecule has 0 bridgehead atoms. The summed E-state index contributed by atoms with van der Waals surface area (Å²) in [4.78, 5) is 12.1. The Morgan fingerprint density at radius 3 is 2.70 bits per heavy atom. The molecule has 1 saturated carbocycles. The Morgan fingerprint density at radius 1 is 1.30 bits per heavy atom. The quantitative estimate of drug-likeness (QED) is 0.897. The first-order valence-corrected chi connectivity index (χ1v) is 7.86. The highest BCUT2D eigenvalue weighted by Gasteiger charge is 2.44. The molecule has 20 heavy (non-hydrogen) atoms. The molecule has 2 fully saturated rings. The third kappa shape index (κ3) is 3.27. The molecule has 1 heterocycles. The Hall–Kier alpha value is -0.770. The summed E-state index contributed by atoms with van der Waals surface area (Å²) in [5.41, 5.74) is 1.07. The lowest BCUT2D eigenvalue weighted by molar-refractivity contribution is -0.122. The summed E-state index contributed by atoms with van der Waals surface area (Å²) in [6.07, 6.45) is 3.24. The van der Waals surface area contributed by atoms with Crippen LogP contribution in [0.25, 0.3) is 0 Å². The summed E-state index contributed by atoms with van der Waals surface area (Å²) >= 11 is 12.0. The van der Waals surface area contributed by atoms with Crippen molar-refractivity contribution in [1.29, 1.82) is 0 Å². The zero-order valence-electron chi connectivity index (χ0n) is 11.2. The number of rotatable bonds is 4. The van der Waals surface area contributed by atoms with E-state index in [9.17, 15) is 4.79 Å². The maximum Gasteiger partial charge on any atom is 0.223 e. The Bertz CT molecular complexity index is 494. The van der Waals surface area contributed by atoms with E-state index in [2.05, 4.69) is 10.6 Å². The SMILES string of the molecule is O=C(NCC1CCCN1)C1CC1c1cc(Cl)cc(Cl)c1. The van der Waals surface area contributed by atoms with Crippen molar-refractivity contribution in [2.24, 2.45) is 5.92 Å². The van der Waals surface area contributed by atoms with Crippen LogP contribution in [0.2, 0.25) is 10.0 Å². The van der Waals surface area contributed by atoms with Gasteiger partial charge in [-0.2, -0.15) is 0 Å². The molecule has 5 heteroatoms. The number of hydrogen-bond donors (Lipinski definition) is 2. The van der Waals surface area contributed by atoms with Gasteiger partial charge in [-0.3, -0.25) is 4.79 Å². The largest absolute Gasteiger partial charge is 0.354 e. The maximum absolute atomic E-state index is 12.1. The molecule has 2 aliphatic rings. The smallest absolute Gasteiger partial charge is 0.223 e. The molecular weight excluding hydrogens is 295 g/mol. The fourth-order valence-corrected chi connectivity index (χ4v) is 3.47. The van der Waals surface area contributed by atoms with E-state index in [0.717, 1.165) is 31.5 Å². The van der Waals surface area contributed by atoms with Crippen LogP contribution < -0.4 is 10.6 Å². The van der Waals surface area contributed by atoms with Crippen LogP contribution in [-0.2, 0) is 4.79 Å². The molecule has 1 aromatic rings. The molecule has 1 aliphatic carbocycles. The third-order valence-electron chi connectivity index (χ3n) is 4.13. The van der Waals surface area contributed by atoms with E-state index >= 15 is 0 Å². The number of amides is 1. The number of hydrogen-bond acceptors (Lipinski definition) is 2. The molecule has 1 aromatic carbocycles. The van der Waals surface area contributed by atoms with Crippen molar-refractivity contribution < 1.29 is 4.79 Å². The summed E-state index contributed by atoms with van der Waals surface area (Å²) in [5.74, 6) is 0.494. The van der Waals surface area contributed by atoms with Crippen molar-refractivity contribution in [3.05, 3.63) is 33.8 Å². The highest BCUT2D eigenvalue weighted by Crippen LogP contribution is 2.48. The zero-order chi connectivity index (χ0) is 14.1. The second-order valence-corrected chi connectivity index (χ2v) is 6.56. The van der Waals surface area contributed by atoms with Gasteiger partial charge < -0.3 is 10.6 Å². The molecule has 0 aromatic heterocycles. The van der Waals surface area contributed by atoms with Crippen molar-refractivity contribution in [2.75, 3.05) is 13.1 Å². The normalized spacial score (nSPS) is 28.4. The fraction of sp³-hybridized carbons (Fsp3) is 0.533. The summed E-state index contributed by atoms with van der Waals surface area (Å²) in [6, 6.07) is 5.97. The van der Waals surface area contributed by atoms with E-state index in [-0.39, 0.29) is 17.7 Å². The highest BCUT2D eigenvalue weighted by molar-refractivity contribution is 6.34. The van der Waals surface area contributed by atoms with Crippen LogP contribution in [0.15, 0.2) is 18.2 Å². The Balaban J connectivity index is 1.53. The van der Waals surface area contributed by atoms with E-state index in [1.54, 1.807) is 6.07 Å². The van der Waals surface area contributed by atoms with Gasteiger partial charge >= 0.3 is 0 Å². The maximum atomic E-state index is 12.1. The second kappa shape index (κ2) is 5.92. The number of benzene rings is 1. The number of carbonyl (C=O) groups is 1. The van der Waals surface area contributed by atoms with Crippen molar-refractivity contribution in [2.45, 2.75) is 31.2 Å². The van der Waals surface area contributed by atoms with Gasteiger partial charge in [0.05, 0.1) is 0 Å². The molecule has 3 rings (SSSR count). The molecule has 0 radical (unpaired) electrons. The molecule has 3 atom stereocenters. The van der Waals surface area contributed by atoms with Crippen LogP contribution in [0.1, 0.15) is 30.7 Å². The number of carbonyl (C=O) groups excluding carboxylic acids is 1. The van der Waals surface area contributed by atoms with Crippen molar-refractivity contribution in [1.82, 2.24) is 10.6 Å². The molecule has 108 valence electrons. The molecule has 3 nitrogen and oxygen atoms in total. The summed E-state index contributed by atoms with van der Waals surface area (Å²) in [5, 5.41) is 7.69. The summed E-state index contributed by atoms with van der Waals surface area (Å²) in [6.45, 7) is 1.80. The van der Waals surface area contributed by atoms with Crippen molar-refractivity contribution in [3.63, 3.8) is 0 Å². The van der Waals surface area contributed by atoms with E-state index < -0.39 is 0 Å². The van der Waals surface area contributed by atoms with Crippen LogP contribution in [0, 0.1) is 5.92 Å². The van der Waals surface area contributed by atoms with Gasteiger partial charge in [0, 0.05) is 28.5 Å². The van der Waals surface area contributed by atoms with Gasteiger partial charge in [0.2, 0.25) is 5.91 Å². The van der Waals surface area contributed by atoms with Crippen LogP contribution in [0.3, 0.4) is 0 Å². The van der Waals surface area contributed by atoms with Gasteiger partial charge in [-0.05, 0) is 55.5 Å². The van der Waals surface area contributed by atoms with Crippen LogP contribution >= 0.6 is 23.2 Å². The average molecular weight is 313 g/mol. The molecule has 3 unspecified atom stereocenters. The predicted octanol–water partition coefficient (Wildman–Crippen LogP) is 2.97. The van der Waals surface area contributed by atoms with E-state index in [1.807, 2.05) is 12.1 Å². The first-order chi connectivity index (χ1) is 9.63. The minimum Gasteiger partial charge on any atom is -0.354 e. The molecular formula is C15H18Cl2N2O. The minimum atomic E-state index is 0.0749. The zero-order valence-corrected chi connectivity index (χ0v) is 12.7. The number of nitrogens with one attached hydrogen (secondary N) is 2. The van der Waals surface area contributed by atoms with Gasteiger partial charge in [-0.1, -0.05) is 23.2 Å². The topological polar surface area (TPSA) is 41.1 Å². The lowest BCUT2D eigenvalue weighted by Crippen LogP contribution is -2.37. The lowest BCUT2D eigenvalue weighted by Gasteiger charge is -2.11. The lowest BCUT2D eigenvalue weighted by atomic mass is 10.1.